The molecule has 2 aromatic heterocycles. The van der Waals surface area contributed by atoms with Crippen molar-refractivity contribution in [2.24, 2.45) is 0 Å². The first-order valence-electron chi connectivity index (χ1n) is 13.0. The highest BCUT2D eigenvalue weighted by molar-refractivity contribution is 5.93. The number of halogens is 1. The lowest BCUT2D eigenvalue weighted by molar-refractivity contribution is -0.172. The van der Waals surface area contributed by atoms with Gasteiger partial charge in [0.2, 0.25) is 0 Å². The van der Waals surface area contributed by atoms with Crippen LogP contribution in [0.4, 0.5) is 4.39 Å². The largest absolute Gasteiger partial charge is 0.458 e. The van der Waals surface area contributed by atoms with Gasteiger partial charge in [-0.05, 0) is 48.9 Å². The van der Waals surface area contributed by atoms with Crippen LogP contribution in [-0.2, 0) is 39.4 Å². The number of ether oxygens (including phenoxy) is 2. The minimum Gasteiger partial charge on any atom is -0.458 e. The molecule has 4 heterocycles. The molecule has 0 amide bonds. The van der Waals surface area contributed by atoms with Crippen LogP contribution in [0.1, 0.15) is 59.2 Å². The highest BCUT2D eigenvalue weighted by Gasteiger charge is 2.45. The summed E-state index contributed by atoms with van der Waals surface area (Å²) >= 11 is 0. The van der Waals surface area contributed by atoms with E-state index < -0.39 is 11.6 Å². The van der Waals surface area contributed by atoms with E-state index in [9.17, 15) is 19.1 Å². The normalized spacial score (nSPS) is 21.3. The molecule has 0 unspecified atom stereocenters. The summed E-state index contributed by atoms with van der Waals surface area (Å²) in [4.78, 5) is 31.0. The summed E-state index contributed by atoms with van der Waals surface area (Å²) in [5.74, 6) is -1.09. The van der Waals surface area contributed by atoms with Gasteiger partial charge in [-0.3, -0.25) is 4.79 Å². The van der Waals surface area contributed by atoms with E-state index >= 15 is 0 Å². The SMILES string of the molecule is CC[C@@]1(O)C(=O)OCc2c1cc1n(c2=O)Cc2c-1nc1cc(F)c(C)c3c1c2[C@@H](NCCOCCO)CC3. The lowest BCUT2D eigenvalue weighted by atomic mass is 9.81. The second kappa shape index (κ2) is 9.23. The molecule has 9 nitrogen and oxygen atoms in total. The van der Waals surface area contributed by atoms with Gasteiger partial charge in [-0.25, -0.2) is 14.2 Å². The Morgan fingerprint density at radius 1 is 1.26 bits per heavy atom. The van der Waals surface area contributed by atoms with E-state index in [-0.39, 0.29) is 61.3 Å². The van der Waals surface area contributed by atoms with E-state index in [4.69, 9.17) is 19.6 Å². The number of hydrogen-bond donors (Lipinski definition) is 3. The number of nitrogens with one attached hydrogen (secondary N) is 1. The number of esters is 1. The quantitative estimate of drug-likeness (QED) is 0.249. The highest BCUT2D eigenvalue weighted by Crippen LogP contribution is 2.45. The number of aromatic nitrogens is 2. The van der Waals surface area contributed by atoms with Crippen LogP contribution in [0.15, 0.2) is 16.9 Å². The third-order valence-electron chi connectivity index (χ3n) is 8.25. The van der Waals surface area contributed by atoms with Gasteiger partial charge in [-0.1, -0.05) is 6.92 Å². The number of nitrogens with zero attached hydrogens (tertiary/aromatic N) is 2. The van der Waals surface area contributed by atoms with Crippen molar-refractivity contribution in [1.82, 2.24) is 14.9 Å². The summed E-state index contributed by atoms with van der Waals surface area (Å²) in [7, 11) is 0. The molecule has 2 aliphatic heterocycles. The number of aliphatic hydroxyl groups is 2. The summed E-state index contributed by atoms with van der Waals surface area (Å²) in [6.07, 6.45) is 1.48. The first kappa shape index (κ1) is 25.1. The molecule has 0 spiro atoms. The number of benzene rings is 1. The molecular formula is C28H30FN3O6. The smallest absolute Gasteiger partial charge is 0.343 e. The van der Waals surface area contributed by atoms with E-state index in [0.29, 0.717) is 42.0 Å². The van der Waals surface area contributed by atoms with Gasteiger partial charge in [-0.2, -0.15) is 0 Å². The minimum absolute atomic E-state index is 0.0408. The number of hydrogen-bond acceptors (Lipinski definition) is 8. The van der Waals surface area contributed by atoms with Gasteiger partial charge in [0.25, 0.3) is 5.56 Å². The second-order valence-corrected chi connectivity index (χ2v) is 10.2. The third kappa shape index (κ3) is 3.54. The zero-order valence-corrected chi connectivity index (χ0v) is 21.4. The fourth-order valence-corrected chi connectivity index (χ4v) is 6.23. The highest BCUT2D eigenvalue weighted by atomic mass is 19.1. The Balaban J connectivity index is 1.55. The Kier molecular flexibility index (Phi) is 6.10. The molecule has 0 saturated carbocycles. The lowest BCUT2D eigenvalue weighted by Gasteiger charge is -2.31. The van der Waals surface area contributed by atoms with Crippen molar-refractivity contribution >= 4 is 16.9 Å². The molecular weight excluding hydrogens is 493 g/mol. The number of rotatable bonds is 7. The van der Waals surface area contributed by atoms with Gasteiger partial charge in [0.1, 0.15) is 12.4 Å². The van der Waals surface area contributed by atoms with E-state index in [2.05, 4.69) is 5.32 Å². The number of carbonyl (C=O) groups is 1. The van der Waals surface area contributed by atoms with Gasteiger partial charge >= 0.3 is 5.97 Å². The van der Waals surface area contributed by atoms with Crippen molar-refractivity contribution in [2.75, 3.05) is 26.4 Å². The Hall–Kier alpha value is -3.18. The van der Waals surface area contributed by atoms with Gasteiger partial charge in [-0.15, -0.1) is 0 Å². The van der Waals surface area contributed by atoms with Gasteiger partial charge in [0, 0.05) is 35.2 Å². The van der Waals surface area contributed by atoms with Crippen LogP contribution in [0.3, 0.4) is 0 Å². The van der Waals surface area contributed by atoms with Crippen LogP contribution in [0.2, 0.25) is 0 Å². The van der Waals surface area contributed by atoms with Crippen LogP contribution >= 0.6 is 0 Å². The maximum atomic E-state index is 15.0. The number of aliphatic hydroxyl groups excluding tert-OH is 1. The maximum Gasteiger partial charge on any atom is 0.343 e. The number of pyridine rings is 2. The number of cyclic esters (lactones) is 1. The zero-order chi connectivity index (χ0) is 26.8. The van der Waals surface area contributed by atoms with Crippen molar-refractivity contribution in [3.63, 3.8) is 0 Å². The molecule has 0 bridgehead atoms. The molecule has 0 saturated heterocycles. The molecule has 3 N–H and O–H groups in total. The van der Waals surface area contributed by atoms with Crippen molar-refractivity contribution in [3.05, 3.63) is 61.7 Å². The third-order valence-corrected chi connectivity index (χ3v) is 8.25. The van der Waals surface area contributed by atoms with Gasteiger partial charge in [0.05, 0.1) is 48.8 Å². The monoisotopic (exact) mass is 523 g/mol. The molecule has 0 fully saturated rings. The Morgan fingerprint density at radius 3 is 2.84 bits per heavy atom. The van der Waals surface area contributed by atoms with E-state index in [1.165, 1.54) is 6.07 Å². The summed E-state index contributed by atoms with van der Waals surface area (Å²) in [6.45, 7) is 4.75. The number of aryl methyl sites for hydroxylation is 1. The zero-order valence-electron chi connectivity index (χ0n) is 21.4. The average Bonchev–Trinajstić information content (AvgIpc) is 3.28. The average molecular weight is 524 g/mol. The first-order valence-corrected chi connectivity index (χ1v) is 13.0. The van der Waals surface area contributed by atoms with Crippen molar-refractivity contribution in [1.29, 1.82) is 0 Å². The molecule has 2 atom stereocenters. The second-order valence-electron chi connectivity index (χ2n) is 10.2. The topological polar surface area (TPSA) is 123 Å². The molecule has 0 radical (unpaired) electrons. The van der Waals surface area contributed by atoms with E-state index in [1.807, 2.05) is 0 Å². The summed E-state index contributed by atoms with van der Waals surface area (Å²) < 4.78 is 27.2. The maximum absolute atomic E-state index is 15.0. The fraction of sp³-hybridized carbons (Fsp3) is 0.464. The van der Waals surface area contributed by atoms with Crippen LogP contribution in [0, 0.1) is 12.7 Å². The predicted octanol–water partition coefficient (Wildman–Crippen LogP) is 2.11. The summed E-state index contributed by atoms with van der Waals surface area (Å²) in [5, 5.41) is 24.6. The predicted molar refractivity (Wildman–Crippen MR) is 136 cm³/mol. The molecule has 1 aliphatic carbocycles. The molecule has 200 valence electrons. The number of fused-ring (bicyclic) bond motifs is 5. The van der Waals surface area contributed by atoms with Crippen molar-refractivity contribution in [3.8, 4) is 11.4 Å². The Labute approximate surface area is 218 Å². The van der Waals surface area contributed by atoms with Crippen LogP contribution < -0.4 is 10.9 Å². The Morgan fingerprint density at radius 2 is 2.08 bits per heavy atom. The summed E-state index contributed by atoms with van der Waals surface area (Å²) in [5.41, 5.74) is 3.27. The van der Waals surface area contributed by atoms with Crippen LogP contribution in [-0.4, -0.2) is 52.1 Å². The molecule has 3 aliphatic rings. The summed E-state index contributed by atoms with van der Waals surface area (Å²) in [6, 6.07) is 3.06. The van der Waals surface area contributed by atoms with E-state index in [0.717, 1.165) is 28.5 Å². The molecule has 3 aromatic rings. The van der Waals surface area contributed by atoms with E-state index in [1.54, 1.807) is 24.5 Å². The van der Waals surface area contributed by atoms with Crippen molar-refractivity contribution in [2.45, 2.75) is 57.9 Å². The van der Waals surface area contributed by atoms with Crippen molar-refractivity contribution < 1.29 is 28.9 Å². The molecule has 1 aromatic carbocycles. The van der Waals surface area contributed by atoms with Gasteiger partial charge in [0.15, 0.2) is 5.60 Å². The number of carbonyl (C=O) groups excluding carboxylic acids is 1. The van der Waals surface area contributed by atoms with Gasteiger partial charge < -0.3 is 29.6 Å². The molecule has 38 heavy (non-hydrogen) atoms. The molecule has 10 heteroatoms. The first-order chi connectivity index (χ1) is 18.3. The molecule has 6 rings (SSSR count). The standard InChI is InChI=1S/C28H30FN3O6/c1-3-28(36)18-10-22-25-16(12-32(22)26(34)17(18)13-38-27(28)35)24-20(30-6-8-37-9-7-33)5-4-15-14(2)19(29)11-21(31-25)23(15)24/h10-11,20,30,33,36H,3-9,12-13H2,1-2H3/t20-,28-/m0/s1. The van der Waals surface area contributed by atoms with Crippen LogP contribution in [0.25, 0.3) is 22.3 Å². The minimum atomic E-state index is -1.91. The fourth-order valence-electron chi connectivity index (χ4n) is 6.23. The van der Waals surface area contributed by atoms with Crippen LogP contribution in [0.5, 0.6) is 0 Å². The lowest BCUT2D eigenvalue weighted by Crippen LogP contribution is -2.44. The Bertz CT molecular complexity index is 1550.